The molecule has 0 aliphatic heterocycles. The van der Waals surface area contributed by atoms with Crippen molar-refractivity contribution in [3.8, 4) is 5.88 Å². The number of halogens is 2. The zero-order valence-corrected chi connectivity index (χ0v) is 9.50. The van der Waals surface area contributed by atoms with Crippen molar-refractivity contribution >= 4 is 38.6 Å². The Balaban J connectivity index is 2.73. The fraction of sp³-hybridized carbons (Fsp3) is 0.125. The molecule has 0 spiro atoms. The molecular weight excluding hydrogens is 269 g/mol. The zero-order chi connectivity index (χ0) is 10.1. The predicted octanol–water partition coefficient (Wildman–Crippen LogP) is 2.45. The molecule has 72 valence electrons. The average Bonchev–Trinajstić information content (AvgIpc) is 2.17. The van der Waals surface area contributed by atoms with Gasteiger partial charge < -0.3 is 4.74 Å². The van der Waals surface area contributed by atoms with E-state index in [2.05, 4.69) is 30.9 Å². The van der Waals surface area contributed by atoms with Crippen LogP contribution in [0.1, 0.15) is 0 Å². The fourth-order valence-corrected chi connectivity index (χ4v) is 1.67. The summed E-state index contributed by atoms with van der Waals surface area (Å²) in [5.41, 5.74) is 0.519. The van der Waals surface area contributed by atoms with Crippen LogP contribution in [0.3, 0.4) is 0 Å². The first-order valence-electron chi connectivity index (χ1n) is 3.73. The molecule has 0 aliphatic rings. The van der Waals surface area contributed by atoms with Crippen molar-refractivity contribution in [2.24, 2.45) is 0 Å². The van der Waals surface area contributed by atoms with E-state index in [1.54, 1.807) is 13.3 Å². The van der Waals surface area contributed by atoms with E-state index in [0.29, 0.717) is 11.5 Å². The Labute approximate surface area is 93.4 Å². The monoisotopic (exact) mass is 273 g/mol. The number of pyridine rings is 1. The van der Waals surface area contributed by atoms with Crippen molar-refractivity contribution in [2.75, 3.05) is 7.11 Å². The second kappa shape index (κ2) is 3.67. The number of fused-ring (bicyclic) bond motifs is 1. The normalized spacial score (nSPS) is 10.5. The summed E-state index contributed by atoms with van der Waals surface area (Å²) in [5.74, 6) is 0.479. The van der Waals surface area contributed by atoms with Gasteiger partial charge in [-0.15, -0.1) is 0 Å². The Morgan fingerprint density at radius 3 is 2.93 bits per heavy atom. The van der Waals surface area contributed by atoms with Gasteiger partial charge in [0.2, 0.25) is 11.2 Å². The Morgan fingerprint density at radius 1 is 1.43 bits per heavy atom. The van der Waals surface area contributed by atoms with E-state index in [9.17, 15) is 0 Å². The molecule has 0 amide bonds. The maximum atomic E-state index is 5.64. The third-order valence-corrected chi connectivity index (χ3v) is 2.40. The molecule has 2 aromatic rings. The zero-order valence-electron chi connectivity index (χ0n) is 7.16. The lowest BCUT2D eigenvalue weighted by molar-refractivity contribution is 0.396. The first kappa shape index (κ1) is 9.61. The van der Waals surface area contributed by atoms with Gasteiger partial charge in [0.15, 0.2) is 5.65 Å². The van der Waals surface area contributed by atoms with Crippen LogP contribution in [0.25, 0.3) is 11.0 Å². The van der Waals surface area contributed by atoms with Gasteiger partial charge in [-0.2, -0.15) is 9.97 Å². The van der Waals surface area contributed by atoms with Crippen molar-refractivity contribution in [2.45, 2.75) is 0 Å². The van der Waals surface area contributed by atoms with E-state index in [1.165, 1.54) is 0 Å². The van der Waals surface area contributed by atoms with E-state index < -0.39 is 0 Å². The van der Waals surface area contributed by atoms with Crippen LogP contribution in [0, 0.1) is 0 Å². The highest BCUT2D eigenvalue weighted by atomic mass is 79.9. The summed E-state index contributed by atoms with van der Waals surface area (Å²) in [6.45, 7) is 0. The third-order valence-electron chi connectivity index (χ3n) is 1.65. The second-order valence-corrected chi connectivity index (χ2v) is 3.72. The van der Waals surface area contributed by atoms with Crippen LogP contribution >= 0.6 is 27.5 Å². The highest BCUT2D eigenvalue weighted by Gasteiger charge is 2.06. The van der Waals surface area contributed by atoms with E-state index in [0.717, 1.165) is 9.86 Å². The minimum absolute atomic E-state index is 0.175. The highest BCUT2D eigenvalue weighted by molar-refractivity contribution is 9.10. The number of methoxy groups -OCH3 is 1. The summed E-state index contributed by atoms with van der Waals surface area (Å²) < 4.78 is 5.79. The maximum Gasteiger partial charge on any atom is 0.229 e. The smallest absolute Gasteiger partial charge is 0.229 e. The quantitative estimate of drug-likeness (QED) is 0.750. The molecule has 0 fully saturated rings. The number of rotatable bonds is 1. The van der Waals surface area contributed by atoms with Crippen LogP contribution < -0.4 is 4.74 Å². The fourth-order valence-electron chi connectivity index (χ4n) is 1.04. The van der Waals surface area contributed by atoms with Crippen LogP contribution in [-0.4, -0.2) is 22.1 Å². The summed E-state index contributed by atoms with van der Waals surface area (Å²) in [6.07, 6.45) is 1.61. The van der Waals surface area contributed by atoms with Crippen molar-refractivity contribution in [1.82, 2.24) is 15.0 Å². The van der Waals surface area contributed by atoms with Crippen molar-refractivity contribution in [3.63, 3.8) is 0 Å². The van der Waals surface area contributed by atoms with Crippen LogP contribution in [0.5, 0.6) is 5.88 Å². The second-order valence-electron chi connectivity index (χ2n) is 2.53. The van der Waals surface area contributed by atoms with Crippen molar-refractivity contribution < 1.29 is 4.74 Å². The van der Waals surface area contributed by atoms with E-state index >= 15 is 0 Å². The first-order valence-corrected chi connectivity index (χ1v) is 4.90. The molecule has 0 aromatic carbocycles. The highest BCUT2D eigenvalue weighted by Crippen LogP contribution is 2.25. The molecule has 14 heavy (non-hydrogen) atoms. The summed E-state index contributed by atoms with van der Waals surface area (Å²) in [6, 6.07) is 1.83. The van der Waals surface area contributed by atoms with E-state index in [4.69, 9.17) is 16.3 Å². The Bertz CT molecular complexity index is 491. The van der Waals surface area contributed by atoms with Gasteiger partial charge in [0.1, 0.15) is 0 Å². The molecule has 2 aromatic heterocycles. The lowest BCUT2D eigenvalue weighted by Gasteiger charge is -2.03. The van der Waals surface area contributed by atoms with Gasteiger partial charge in [-0.3, -0.25) is 0 Å². The van der Waals surface area contributed by atoms with Crippen LogP contribution in [0.2, 0.25) is 5.28 Å². The minimum atomic E-state index is 0.175. The standard InChI is InChI=1S/C8H5BrClN3O/c1-14-7-5(9)2-4-3-11-8(10)13-6(4)12-7/h2-3H,1H3. The molecule has 0 saturated heterocycles. The molecule has 0 atom stereocenters. The van der Waals surface area contributed by atoms with Crippen LogP contribution in [-0.2, 0) is 0 Å². The van der Waals surface area contributed by atoms with Gasteiger partial charge in [0, 0.05) is 11.6 Å². The van der Waals surface area contributed by atoms with Gasteiger partial charge >= 0.3 is 0 Å². The van der Waals surface area contributed by atoms with Crippen molar-refractivity contribution in [3.05, 3.63) is 22.0 Å². The minimum Gasteiger partial charge on any atom is -0.480 e. The van der Waals surface area contributed by atoms with Crippen molar-refractivity contribution in [1.29, 1.82) is 0 Å². The van der Waals surface area contributed by atoms with Gasteiger partial charge in [-0.25, -0.2) is 4.98 Å². The van der Waals surface area contributed by atoms with E-state index in [1.807, 2.05) is 6.07 Å². The molecule has 0 saturated carbocycles. The van der Waals surface area contributed by atoms with Crippen LogP contribution in [0.15, 0.2) is 16.7 Å². The molecule has 0 bridgehead atoms. The summed E-state index contributed by atoms with van der Waals surface area (Å²) >= 11 is 8.96. The summed E-state index contributed by atoms with van der Waals surface area (Å²) in [7, 11) is 1.54. The average molecular weight is 275 g/mol. The largest absolute Gasteiger partial charge is 0.480 e. The number of ether oxygens (including phenoxy) is 1. The lowest BCUT2D eigenvalue weighted by Crippen LogP contribution is -1.93. The number of hydrogen-bond donors (Lipinski definition) is 0. The number of nitrogens with zero attached hydrogens (tertiary/aromatic N) is 3. The summed E-state index contributed by atoms with van der Waals surface area (Å²) in [4.78, 5) is 12.0. The Morgan fingerprint density at radius 2 is 2.21 bits per heavy atom. The van der Waals surface area contributed by atoms with Crippen LogP contribution in [0.4, 0.5) is 0 Å². The topological polar surface area (TPSA) is 47.9 Å². The molecule has 0 N–H and O–H groups in total. The Kier molecular flexibility index (Phi) is 2.52. The summed E-state index contributed by atoms with van der Waals surface area (Å²) in [5, 5.41) is 0.983. The number of hydrogen-bond acceptors (Lipinski definition) is 4. The predicted molar refractivity (Wildman–Crippen MR) is 56.6 cm³/mol. The lowest BCUT2D eigenvalue weighted by atomic mass is 10.3. The molecule has 0 radical (unpaired) electrons. The Hall–Kier alpha value is -0.940. The third kappa shape index (κ3) is 1.65. The molecule has 0 aliphatic carbocycles. The maximum absolute atomic E-state index is 5.64. The first-order chi connectivity index (χ1) is 6.70. The number of aromatic nitrogens is 3. The molecule has 6 heteroatoms. The van der Waals surface area contributed by atoms with E-state index in [-0.39, 0.29) is 5.28 Å². The molecule has 0 unspecified atom stereocenters. The molecule has 2 heterocycles. The van der Waals surface area contributed by atoms with Gasteiger partial charge in [-0.1, -0.05) is 0 Å². The molecule has 4 nitrogen and oxygen atoms in total. The molecular formula is C8H5BrClN3O. The van der Waals surface area contributed by atoms with Gasteiger partial charge in [0.05, 0.1) is 11.6 Å². The van der Waals surface area contributed by atoms with Gasteiger partial charge in [-0.05, 0) is 33.6 Å². The molecule has 2 rings (SSSR count). The SMILES string of the molecule is COc1nc2nc(Cl)ncc2cc1Br. The van der Waals surface area contributed by atoms with Gasteiger partial charge in [0.25, 0.3) is 0 Å².